The highest BCUT2D eigenvalue weighted by atomic mass is 16.5. The molecule has 3 rings (SSSR count). The standard InChI is InChI=1S/C17H32N2O2/c1-3-21-16-11-17(12-16,19-7-9-20-10-8-19)13-18-14(2)15-5-4-6-15/h14-16,18H,3-13H2,1-2H3/t14-,16?,17?/m0/s1. The van der Waals surface area contributed by atoms with Crippen molar-refractivity contribution >= 4 is 0 Å². The average Bonchev–Trinajstić information content (AvgIpc) is 2.40. The van der Waals surface area contributed by atoms with E-state index in [0.717, 1.165) is 45.4 Å². The van der Waals surface area contributed by atoms with Gasteiger partial charge in [0.1, 0.15) is 0 Å². The minimum atomic E-state index is 0.321. The van der Waals surface area contributed by atoms with Gasteiger partial charge in [0.25, 0.3) is 0 Å². The second kappa shape index (κ2) is 6.95. The summed E-state index contributed by atoms with van der Waals surface area (Å²) in [5.74, 6) is 0.912. The lowest BCUT2D eigenvalue weighted by molar-refractivity contribution is -0.126. The molecule has 2 saturated carbocycles. The summed E-state index contributed by atoms with van der Waals surface area (Å²) in [5, 5.41) is 3.85. The number of nitrogens with one attached hydrogen (secondary N) is 1. The summed E-state index contributed by atoms with van der Waals surface area (Å²) in [5.41, 5.74) is 0.321. The van der Waals surface area contributed by atoms with Crippen molar-refractivity contribution in [1.82, 2.24) is 10.2 Å². The van der Waals surface area contributed by atoms with Crippen LogP contribution in [0.25, 0.3) is 0 Å². The van der Waals surface area contributed by atoms with Gasteiger partial charge in [0.15, 0.2) is 0 Å². The van der Waals surface area contributed by atoms with E-state index in [4.69, 9.17) is 9.47 Å². The summed E-state index contributed by atoms with van der Waals surface area (Å²) < 4.78 is 11.4. The Hall–Kier alpha value is -0.160. The first-order chi connectivity index (χ1) is 10.2. The predicted octanol–water partition coefficient (Wildman–Crippen LogP) is 2.03. The molecule has 0 bridgehead atoms. The van der Waals surface area contributed by atoms with Crippen molar-refractivity contribution in [3.8, 4) is 0 Å². The molecule has 1 N–H and O–H groups in total. The third kappa shape index (κ3) is 3.44. The maximum atomic E-state index is 5.82. The Bertz CT molecular complexity index is 321. The lowest BCUT2D eigenvalue weighted by atomic mass is 9.71. The first-order valence-corrected chi connectivity index (χ1v) is 8.91. The van der Waals surface area contributed by atoms with E-state index in [0.29, 0.717) is 17.7 Å². The van der Waals surface area contributed by atoms with Crippen molar-refractivity contribution in [1.29, 1.82) is 0 Å². The van der Waals surface area contributed by atoms with Gasteiger partial charge in [0.05, 0.1) is 19.3 Å². The number of hydrogen-bond acceptors (Lipinski definition) is 4. The molecule has 2 aliphatic carbocycles. The summed E-state index contributed by atoms with van der Waals surface area (Å²) in [4.78, 5) is 2.66. The van der Waals surface area contributed by atoms with Crippen LogP contribution >= 0.6 is 0 Å². The smallest absolute Gasteiger partial charge is 0.0611 e. The molecule has 0 aromatic carbocycles. The lowest BCUT2D eigenvalue weighted by Gasteiger charge is -2.55. The Balaban J connectivity index is 1.54. The molecule has 1 atom stereocenters. The Labute approximate surface area is 129 Å². The molecule has 0 amide bonds. The van der Waals surface area contributed by atoms with E-state index in [1.54, 1.807) is 0 Å². The minimum absolute atomic E-state index is 0.321. The molecule has 1 heterocycles. The topological polar surface area (TPSA) is 33.7 Å². The molecular weight excluding hydrogens is 264 g/mol. The van der Waals surface area contributed by atoms with E-state index in [-0.39, 0.29) is 0 Å². The molecule has 1 aliphatic heterocycles. The van der Waals surface area contributed by atoms with Crippen LogP contribution in [0, 0.1) is 5.92 Å². The normalized spacial score (nSPS) is 36.0. The summed E-state index contributed by atoms with van der Waals surface area (Å²) in [6, 6.07) is 0.669. The van der Waals surface area contributed by atoms with Crippen LogP contribution in [0.1, 0.15) is 46.0 Å². The molecule has 0 aromatic heterocycles. The zero-order chi connectivity index (χ0) is 14.7. The van der Waals surface area contributed by atoms with Gasteiger partial charge in [-0.05, 0) is 45.4 Å². The molecular formula is C17H32N2O2. The molecule has 21 heavy (non-hydrogen) atoms. The monoisotopic (exact) mass is 296 g/mol. The molecule has 1 saturated heterocycles. The summed E-state index contributed by atoms with van der Waals surface area (Å²) in [6.45, 7) is 10.4. The highest BCUT2D eigenvalue weighted by Crippen LogP contribution is 2.40. The molecule has 3 fully saturated rings. The van der Waals surface area contributed by atoms with Crippen LogP contribution in [0.3, 0.4) is 0 Å². The van der Waals surface area contributed by atoms with Gasteiger partial charge in [0.2, 0.25) is 0 Å². The fourth-order valence-corrected chi connectivity index (χ4v) is 4.15. The number of rotatable bonds is 7. The van der Waals surface area contributed by atoms with Crippen molar-refractivity contribution < 1.29 is 9.47 Å². The second-order valence-electron chi connectivity index (χ2n) is 7.17. The Morgan fingerprint density at radius 2 is 2.00 bits per heavy atom. The van der Waals surface area contributed by atoms with Crippen LogP contribution < -0.4 is 5.32 Å². The van der Waals surface area contributed by atoms with Gasteiger partial charge in [-0.15, -0.1) is 0 Å². The van der Waals surface area contributed by atoms with Gasteiger partial charge >= 0.3 is 0 Å². The molecule has 4 nitrogen and oxygen atoms in total. The third-order valence-electron chi connectivity index (χ3n) is 5.91. The lowest BCUT2D eigenvalue weighted by Crippen LogP contribution is -2.67. The Morgan fingerprint density at radius 1 is 1.29 bits per heavy atom. The van der Waals surface area contributed by atoms with Crippen molar-refractivity contribution in [2.24, 2.45) is 5.92 Å². The third-order valence-corrected chi connectivity index (χ3v) is 5.91. The molecule has 0 unspecified atom stereocenters. The molecule has 122 valence electrons. The summed E-state index contributed by atoms with van der Waals surface area (Å²) >= 11 is 0. The SMILES string of the molecule is CCOC1CC(CN[C@@H](C)C2CCC2)(N2CCOCC2)C1. The average molecular weight is 296 g/mol. The van der Waals surface area contributed by atoms with Crippen LogP contribution in [-0.4, -0.2) is 62.0 Å². The van der Waals surface area contributed by atoms with Gasteiger partial charge in [-0.2, -0.15) is 0 Å². The molecule has 4 heteroatoms. The fourth-order valence-electron chi connectivity index (χ4n) is 4.15. The first kappa shape index (κ1) is 15.7. The zero-order valence-corrected chi connectivity index (χ0v) is 13.8. The van der Waals surface area contributed by atoms with Crippen LogP contribution in [0.2, 0.25) is 0 Å². The van der Waals surface area contributed by atoms with E-state index in [9.17, 15) is 0 Å². The van der Waals surface area contributed by atoms with Gasteiger partial charge in [-0.3, -0.25) is 4.90 Å². The highest BCUT2D eigenvalue weighted by Gasteiger charge is 2.49. The van der Waals surface area contributed by atoms with Crippen molar-refractivity contribution in [2.45, 2.75) is 63.6 Å². The van der Waals surface area contributed by atoms with Crippen LogP contribution in [0.5, 0.6) is 0 Å². The zero-order valence-electron chi connectivity index (χ0n) is 13.8. The second-order valence-corrected chi connectivity index (χ2v) is 7.17. The van der Waals surface area contributed by atoms with Crippen molar-refractivity contribution in [3.05, 3.63) is 0 Å². The molecule has 3 aliphatic rings. The Kier molecular flexibility index (Phi) is 5.20. The quantitative estimate of drug-likeness (QED) is 0.779. The first-order valence-electron chi connectivity index (χ1n) is 8.91. The van der Waals surface area contributed by atoms with E-state index in [1.807, 2.05) is 0 Å². The summed E-state index contributed by atoms with van der Waals surface area (Å²) in [7, 11) is 0. The van der Waals surface area contributed by atoms with E-state index >= 15 is 0 Å². The van der Waals surface area contributed by atoms with Crippen molar-refractivity contribution in [2.75, 3.05) is 39.5 Å². The van der Waals surface area contributed by atoms with E-state index in [2.05, 4.69) is 24.1 Å². The van der Waals surface area contributed by atoms with Gasteiger partial charge in [-0.1, -0.05) is 6.42 Å². The maximum absolute atomic E-state index is 5.82. The fraction of sp³-hybridized carbons (Fsp3) is 1.00. The minimum Gasteiger partial charge on any atom is -0.379 e. The molecule has 0 aromatic rings. The van der Waals surface area contributed by atoms with Gasteiger partial charge < -0.3 is 14.8 Å². The van der Waals surface area contributed by atoms with Gasteiger partial charge in [0, 0.05) is 37.8 Å². The number of hydrogen-bond donors (Lipinski definition) is 1. The van der Waals surface area contributed by atoms with Crippen LogP contribution in [-0.2, 0) is 9.47 Å². The number of nitrogens with zero attached hydrogens (tertiary/aromatic N) is 1. The largest absolute Gasteiger partial charge is 0.379 e. The summed E-state index contributed by atoms with van der Waals surface area (Å²) in [6.07, 6.45) is 7.10. The van der Waals surface area contributed by atoms with E-state index < -0.39 is 0 Å². The van der Waals surface area contributed by atoms with Crippen LogP contribution in [0.15, 0.2) is 0 Å². The highest BCUT2D eigenvalue weighted by molar-refractivity contribution is 5.06. The molecule has 0 radical (unpaired) electrons. The number of ether oxygens (including phenoxy) is 2. The van der Waals surface area contributed by atoms with Crippen LogP contribution in [0.4, 0.5) is 0 Å². The maximum Gasteiger partial charge on any atom is 0.0611 e. The number of morpholine rings is 1. The Morgan fingerprint density at radius 3 is 2.57 bits per heavy atom. The van der Waals surface area contributed by atoms with Gasteiger partial charge in [-0.25, -0.2) is 0 Å². The van der Waals surface area contributed by atoms with Crippen molar-refractivity contribution in [3.63, 3.8) is 0 Å². The molecule has 0 spiro atoms. The van der Waals surface area contributed by atoms with E-state index in [1.165, 1.54) is 32.1 Å². The predicted molar refractivity (Wildman–Crippen MR) is 84.6 cm³/mol.